The van der Waals surface area contributed by atoms with Crippen LogP contribution in [-0.4, -0.2) is 26.4 Å². The molecule has 0 fully saturated rings. The molecule has 4 heteroatoms. The molecule has 0 aliphatic heterocycles. The minimum atomic E-state index is -0.470. The predicted octanol–water partition coefficient (Wildman–Crippen LogP) is 3.69. The van der Waals surface area contributed by atoms with Crippen LogP contribution in [0.4, 0.5) is 4.39 Å². The van der Waals surface area contributed by atoms with Gasteiger partial charge in [-0.05, 0) is 32.4 Å². The Hall–Kier alpha value is -1.13. The van der Waals surface area contributed by atoms with E-state index in [2.05, 4.69) is 12.2 Å². The first-order chi connectivity index (χ1) is 9.53. The lowest BCUT2D eigenvalue weighted by Crippen LogP contribution is -2.43. The number of halogens is 1. The first-order valence-electron chi connectivity index (χ1n) is 7.15. The van der Waals surface area contributed by atoms with E-state index in [0.717, 1.165) is 19.4 Å². The molecule has 1 aromatic carbocycles. The fourth-order valence-electron chi connectivity index (χ4n) is 2.32. The zero-order chi connectivity index (χ0) is 15.2. The van der Waals surface area contributed by atoms with Gasteiger partial charge in [0.15, 0.2) is 11.6 Å². The van der Waals surface area contributed by atoms with Crippen LogP contribution in [0.2, 0.25) is 0 Å². The molecule has 1 aromatic rings. The summed E-state index contributed by atoms with van der Waals surface area (Å²) < 4.78 is 25.3. The highest BCUT2D eigenvalue weighted by Crippen LogP contribution is 2.35. The van der Waals surface area contributed by atoms with Crippen LogP contribution >= 0.6 is 0 Å². The molecule has 0 saturated heterocycles. The summed E-state index contributed by atoms with van der Waals surface area (Å²) in [4.78, 5) is 0. The molecule has 0 bridgehead atoms. The van der Waals surface area contributed by atoms with E-state index in [0.29, 0.717) is 5.56 Å². The van der Waals surface area contributed by atoms with Crippen LogP contribution in [0.25, 0.3) is 0 Å². The molecule has 0 saturated carbocycles. The second-order valence-electron chi connectivity index (χ2n) is 5.12. The second kappa shape index (κ2) is 7.60. The van der Waals surface area contributed by atoms with E-state index in [1.54, 1.807) is 19.2 Å². The van der Waals surface area contributed by atoms with E-state index in [1.165, 1.54) is 7.11 Å². The molecule has 0 heterocycles. The van der Waals surface area contributed by atoms with Crippen molar-refractivity contribution in [3.8, 4) is 5.75 Å². The Bertz CT molecular complexity index is 419. The van der Waals surface area contributed by atoms with Crippen LogP contribution in [0.15, 0.2) is 18.2 Å². The van der Waals surface area contributed by atoms with Gasteiger partial charge in [-0.3, -0.25) is 0 Å². The van der Waals surface area contributed by atoms with Crippen molar-refractivity contribution < 1.29 is 13.9 Å². The Kier molecular flexibility index (Phi) is 6.43. The predicted molar refractivity (Wildman–Crippen MR) is 79.7 cm³/mol. The summed E-state index contributed by atoms with van der Waals surface area (Å²) in [6.07, 6.45) is 1.76. The van der Waals surface area contributed by atoms with E-state index < -0.39 is 5.60 Å². The normalized spacial score (nSPS) is 15.7. The van der Waals surface area contributed by atoms with Gasteiger partial charge >= 0.3 is 0 Å². The maximum absolute atomic E-state index is 14.5. The molecule has 1 N–H and O–H groups in total. The van der Waals surface area contributed by atoms with Crippen LogP contribution < -0.4 is 10.1 Å². The molecule has 0 aliphatic rings. The number of hydrogen-bond acceptors (Lipinski definition) is 3. The molecule has 2 unspecified atom stereocenters. The van der Waals surface area contributed by atoms with Gasteiger partial charge in [-0.2, -0.15) is 0 Å². The summed E-state index contributed by atoms with van der Waals surface area (Å²) in [6.45, 7) is 6.93. The van der Waals surface area contributed by atoms with E-state index in [1.807, 2.05) is 19.9 Å². The molecule has 20 heavy (non-hydrogen) atoms. The molecule has 3 nitrogen and oxygen atoms in total. The maximum Gasteiger partial charge on any atom is 0.169 e. The summed E-state index contributed by atoms with van der Waals surface area (Å²) in [6, 6.07) is 5.01. The summed E-state index contributed by atoms with van der Waals surface area (Å²) in [7, 11) is 3.15. The van der Waals surface area contributed by atoms with Crippen molar-refractivity contribution in [1.29, 1.82) is 0 Å². The van der Waals surface area contributed by atoms with Crippen LogP contribution in [0.3, 0.4) is 0 Å². The number of methoxy groups -OCH3 is 2. The smallest absolute Gasteiger partial charge is 0.169 e. The van der Waals surface area contributed by atoms with Gasteiger partial charge < -0.3 is 14.8 Å². The van der Waals surface area contributed by atoms with Crippen LogP contribution in [0, 0.1) is 5.82 Å². The molecule has 1 rings (SSSR count). The highest BCUT2D eigenvalue weighted by atomic mass is 19.1. The van der Waals surface area contributed by atoms with Crippen LogP contribution in [0.1, 0.15) is 45.2 Å². The number of rotatable bonds is 8. The van der Waals surface area contributed by atoms with Gasteiger partial charge in [0.1, 0.15) is 0 Å². The minimum Gasteiger partial charge on any atom is -0.494 e. The third-order valence-corrected chi connectivity index (χ3v) is 3.90. The van der Waals surface area contributed by atoms with Gasteiger partial charge in [-0.15, -0.1) is 0 Å². The Balaban J connectivity index is 3.23. The molecule has 0 radical (unpaired) electrons. The Morgan fingerprint density at radius 3 is 2.50 bits per heavy atom. The SMILES string of the molecule is CCCNC(c1cccc(OC)c1F)C(C)(CC)OC. The summed E-state index contributed by atoms with van der Waals surface area (Å²) in [5.41, 5.74) is 0.117. The molecular weight excluding hydrogens is 257 g/mol. The average molecular weight is 283 g/mol. The Morgan fingerprint density at radius 2 is 2.00 bits per heavy atom. The molecule has 0 aromatic heterocycles. The molecule has 114 valence electrons. The van der Waals surface area contributed by atoms with Crippen molar-refractivity contribution in [3.63, 3.8) is 0 Å². The molecule has 0 spiro atoms. The van der Waals surface area contributed by atoms with Gasteiger partial charge in [0, 0.05) is 12.7 Å². The Morgan fingerprint density at radius 1 is 1.30 bits per heavy atom. The van der Waals surface area contributed by atoms with Gasteiger partial charge in [0.25, 0.3) is 0 Å². The fourth-order valence-corrected chi connectivity index (χ4v) is 2.32. The lowest BCUT2D eigenvalue weighted by atomic mass is 9.87. The first-order valence-corrected chi connectivity index (χ1v) is 7.15. The monoisotopic (exact) mass is 283 g/mol. The number of hydrogen-bond donors (Lipinski definition) is 1. The van der Waals surface area contributed by atoms with Gasteiger partial charge in [0.05, 0.1) is 18.8 Å². The number of nitrogens with one attached hydrogen (secondary N) is 1. The zero-order valence-electron chi connectivity index (χ0n) is 13.1. The van der Waals surface area contributed by atoms with Gasteiger partial charge in [-0.25, -0.2) is 4.39 Å². The highest BCUT2D eigenvalue weighted by Gasteiger charge is 2.35. The van der Waals surface area contributed by atoms with Crippen molar-refractivity contribution in [2.45, 2.75) is 45.3 Å². The average Bonchev–Trinajstić information content (AvgIpc) is 2.48. The quantitative estimate of drug-likeness (QED) is 0.789. The van der Waals surface area contributed by atoms with Crippen molar-refractivity contribution in [2.24, 2.45) is 0 Å². The molecule has 0 aliphatic carbocycles. The Labute approximate surface area is 121 Å². The van der Waals surface area contributed by atoms with Crippen LogP contribution in [-0.2, 0) is 4.74 Å². The molecule has 0 amide bonds. The van der Waals surface area contributed by atoms with Crippen molar-refractivity contribution in [1.82, 2.24) is 5.32 Å². The van der Waals surface area contributed by atoms with Crippen molar-refractivity contribution in [3.05, 3.63) is 29.6 Å². The third-order valence-electron chi connectivity index (χ3n) is 3.90. The number of benzene rings is 1. The summed E-state index contributed by atoms with van der Waals surface area (Å²) in [5.74, 6) is -0.0549. The summed E-state index contributed by atoms with van der Waals surface area (Å²) >= 11 is 0. The maximum atomic E-state index is 14.5. The molecular formula is C16H26FNO2. The highest BCUT2D eigenvalue weighted by molar-refractivity contribution is 5.34. The van der Waals surface area contributed by atoms with E-state index in [-0.39, 0.29) is 17.6 Å². The number of ether oxygens (including phenoxy) is 2. The zero-order valence-corrected chi connectivity index (χ0v) is 13.1. The topological polar surface area (TPSA) is 30.5 Å². The third kappa shape index (κ3) is 3.49. The first kappa shape index (κ1) is 16.9. The van der Waals surface area contributed by atoms with Crippen molar-refractivity contribution >= 4 is 0 Å². The fraction of sp³-hybridized carbons (Fsp3) is 0.625. The second-order valence-corrected chi connectivity index (χ2v) is 5.12. The summed E-state index contributed by atoms with van der Waals surface area (Å²) in [5, 5.41) is 3.40. The van der Waals surface area contributed by atoms with E-state index in [9.17, 15) is 4.39 Å². The standard InChI is InChI=1S/C16H26FNO2/c1-6-11-18-15(16(3,7-2)20-5)12-9-8-10-13(19-4)14(12)17/h8-10,15,18H,6-7,11H2,1-5H3. The minimum absolute atomic E-state index is 0.215. The lowest BCUT2D eigenvalue weighted by Gasteiger charge is -2.37. The van der Waals surface area contributed by atoms with Gasteiger partial charge in [0.2, 0.25) is 0 Å². The van der Waals surface area contributed by atoms with E-state index in [4.69, 9.17) is 9.47 Å². The lowest BCUT2D eigenvalue weighted by molar-refractivity contribution is -0.0308. The van der Waals surface area contributed by atoms with Crippen LogP contribution in [0.5, 0.6) is 5.75 Å². The largest absolute Gasteiger partial charge is 0.494 e. The van der Waals surface area contributed by atoms with E-state index >= 15 is 0 Å². The van der Waals surface area contributed by atoms with Gasteiger partial charge in [-0.1, -0.05) is 26.0 Å². The molecule has 2 atom stereocenters. The van der Waals surface area contributed by atoms with Crippen molar-refractivity contribution in [2.75, 3.05) is 20.8 Å².